The molecule has 6 nitrogen and oxygen atoms in total. The molecule has 0 aliphatic carbocycles. The Hall–Kier alpha value is -1.71. The molecule has 0 amide bonds. The summed E-state index contributed by atoms with van der Waals surface area (Å²) in [5.74, 6) is 0.838. The number of carbonyl (C=O) groups excluding carboxylic acids is 1. The average Bonchev–Trinajstić information content (AvgIpc) is 3.28. The molecule has 0 bridgehead atoms. The zero-order valence-electron chi connectivity index (χ0n) is 13.1. The van der Waals surface area contributed by atoms with Gasteiger partial charge in [-0.05, 0) is 25.3 Å². The molecule has 1 atom stereocenters. The van der Waals surface area contributed by atoms with Gasteiger partial charge in [-0.25, -0.2) is 4.98 Å². The molecular weight excluding hydrogens is 366 g/mol. The van der Waals surface area contributed by atoms with Crippen LogP contribution in [0.1, 0.15) is 30.7 Å². The Kier molecular flexibility index (Phi) is 5.64. The van der Waals surface area contributed by atoms with Crippen molar-refractivity contribution in [3.05, 3.63) is 34.5 Å². The van der Waals surface area contributed by atoms with E-state index in [1.807, 2.05) is 29.8 Å². The summed E-state index contributed by atoms with van der Waals surface area (Å²) in [4.78, 5) is 16.9. The third kappa shape index (κ3) is 4.22. The lowest BCUT2D eigenvalue weighted by molar-refractivity contribution is -0.142. The maximum Gasteiger partial charge on any atom is 0.311 e. The number of carbonyl (C=O) groups is 1. The number of thioether (sulfide) groups is 1. The second-order valence-corrected chi connectivity index (χ2v) is 8.16. The molecule has 0 radical (unpaired) electrons. The van der Waals surface area contributed by atoms with E-state index in [9.17, 15) is 4.79 Å². The molecule has 0 aliphatic heterocycles. The van der Waals surface area contributed by atoms with E-state index in [0.717, 1.165) is 14.9 Å². The molecule has 0 aliphatic rings. The first kappa shape index (κ1) is 17.1. The summed E-state index contributed by atoms with van der Waals surface area (Å²) >= 11 is 4.59. The second kappa shape index (κ2) is 7.91. The van der Waals surface area contributed by atoms with Gasteiger partial charge in [0.15, 0.2) is 4.34 Å². The minimum atomic E-state index is -0.259. The van der Waals surface area contributed by atoms with E-state index in [4.69, 9.17) is 9.15 Å². The van der Waals surface area contributed by atoms with E-state index in [1.54, 1.807) is 18.3 Å². The van der Waals surface area contributed by atoms with Gasteiger partial charge >= 0.3 is 5.97 Å². The Morgan fingerprint density at radius 2 is 2.29 bits per heavy atom. The summed E-state index contributed by atoms with van der Waals surface area (Å²) in [6, 6.07) is 3.89. The number of ether oxygens (including phenoxy) is 1. The summed E-state index contributed by atoms with van der Waals surface area (Å²) < 4.78 is 11.5. The van der Waals surface area contributed by atoms with Crippen LogP contribution >= 0.6 is 34.4 Å². The summed E-state index contributed by atoms with van der Waals surface area (Å²) in [5, 5.41) is 12.0. The molecule has 0 fully saturated rings. The highest BCUT2D eigenvalue weighted by molar-refractivity contribution is 8.01. The molecule has 3 aromatic heterocycles. The predicted molar refractivity (Wildman–Crippen MR) is 94.3 cm³/mol. The van der Waals surface area contributed by atoms with Gasteiger partial charge in [0.25, 0.3) is 5.89 Å². The number of thiazole rings is 1. The van der Waals surface area contributed by atoms with Crippen LogP contribution in [0.15, 0.2) is 31.6 Å². The van der Waals surface area contributed by atoms with Crippen LogP contribution in [0.5, 0.6) is 0 Å². The van der Waals surface area contributed by atoms with Crippen molar-refractivity contribution in [2.24, 2.45) is 0 Å². The fourth-order valence-electron chi connectivity index (χ4n) is 1.88. The molecule has 126 valence electrons. The van der Waals surface area contributed by atoms with Crippen molar-refractivity contribution in [2.75, 3.05) is 6.61 Å². The van der Waals surface area contributed by atoms with Gasteiger partial charge in [0.1, 0.15) is 0 Å². The van der Waals surface area contributed by atoms with Crippen molar-refractivity contribution < 1.29 is 13.9 Å². The summed E-state index contributed by atoms with van der Waals surface area (Å²) in [7, 11) is 0. The van der Waals surface area contributed by atoms with Gasteiger partial charge in [0.05, 0.1) is 28.8 Å². The summed E-state index contributed by atoms with van der Waals surface area (Å²) in [5.41, 5.74) is 0.720. The van der Waals surface area contributed by atoms with Crippen LogP contribution in [0.2, 0.25) is 0 Å². The zero-order valence-corrected chi connectivity index (χ0v) is 15.5. The molecule has 24 heavy (non-hydrogen) atoms. The van der Waals surface area contributed by atoms with E-state index in [2.05, 4.69) is 15.2 Å². The molecule has 0 aromatic carbocycles. The van der Waals surface area contributed by atoms with Crippen LogP contribution in [0.3, 0.4) is 0 Å². The number of rotatable bonds is 7. The Morgan fingerprint density at radius 3 is 3.04 bits per heavy atom. The van der Waals surface area contributed by atoms with E-state index >= 15 is 0 Å². The first-order valence-corrected chi connectivity index (χ1v) is 9.93. The number of thiophene rings is 1. The average molecular weight is 382 g/mol. The van der Waals surface area contributed by atoms with E-state index < -0.39 is 0 Å². The van der Waals surface area contributed by atoms with Crippen LogP contribution in [0.25, 0.3) is 10.8 Å². The molecule has 0 spiro atoms. The number of nitrogens with zero attached hydrogens (tertiary/aromatic N) is 3. The Balaban J connectivity index is 1.62. The molecule has 0 saturated heterocycles. The minimum Gasteiger partial charge on any atom is -0.466 e. The van der Waals surface area contributed by atoms with Gasteiger partial charge in [-0.2, -0.15) is 0 Å². The second-order valence-electron chi connectivity index (χ2n) is 4.77. The van der Waals surface area contributed by atoms with E-state index in [-0.39, 0.29) is 17.6 Å². The van der Waals surface area contributed by atoms with Crippen molar-refractivity contribution in [2.45, 2.75) is 29.9 Å². The molecule has 3 rings (SSSR count). The molecule has 0 N–H and O–H groups in total. The van der Waals surface area contributed by atoms with Crippen molar-refractivity contribution >= 4 is 40.4 Å². The van der Waals surface area contributed by atoms with Crippen molar-refractivity contribution in [1.29, 1.82) is 0 Å². The van der Waals surface area contributed by atoms with Crippen LogP contribution in [-0.4, -0.2) is 27.8 Å². The summed E-state index contributed by atoms with van der Waals surface area (Å²) in [6.45, 7) is 4.16. The Morgan fingerprint density at radius 1 is 1.42 bits per heavy atom. The molecule has 0 unspecified atom stereocenters. The van der Waals surface area contributed by atoms with Gasteiger partial charge in [-0.1, -0.05) is 17.8 Å². The Bertz CT molecular complexity index is 798. The van der Waals surface area contributed by atoms with Gasteiger partial charge < -0.3 is 9.15 Å². The number of hydrogen-bond donors (Lipinski definition) is 0. The predicted octanol–water partition coefficient (Wildman–Crippen LogP) is 4.21. The minimum absolute atomic E-state index is 0.0206. The van der Waals surface area contributed by atoms with E-state index in [1.165, 1.54) is 23.1 Å². The molecule has 9 heteroatoms. The van der Waals surface area contributed by atoms with Crippen molar-refractivity contribution in [3.8, 4) is 10.8 Å². The molecular formula is C15H15N3O3S3. The SMILES string of the molecule is CCOC(=O)Cc1csc(S[C@H](C)c2nnc(-c3cccs3)o2)n1. The highest BCUT2D eigenvalue weighted by atomic mass is 32.2. The van der Waals surface area contributed by atoms with E-state index in [0.29, 0.717) is 18.4 Å². The van der Waals surface area contributed by atoms with Gasteiger partial charge in [0, 0.05) is 5.38 Å². The summed E-state index contributed by atoms with van der Waals surface area (Å²) in [6.07, 6.45) is 0.197. The first-order chi connectivity index (χ1) is 11.7. The fourth-order valence-corrected chi connectivity index (χ4v) is 4.54. The molecule has 3 heterocycles. The van der Waals surface area contributed by atoms with Crippen molar-refractivity contribution in [3.63, 3.8) is 0 Å². The maximum absolute atomic E-state index is 11.5. The third-order valence-corrected chi connectivity index (χ3v) is 5.93. The third-order valence-electron chi connectivity index (χ3n) is 2.96. The van der Waals surface area contributed by atoms with Crippen LogP contribution in [-0.2, 0) is 16.0 Å². The van der Waals surface area contributed by atoms with Crippen LogP contribution < -0.4 is 0 Å². The molecule has 3 aromatic rings. The fraction of sp³-hybridized carbons (Fsp3) is 0.333. The van der Waals surface area contributed by atoms with Gasteiger partial charge in [0.2, 0.25) is 5.89 Å². The van der Waals surface area contributed by atoms with Crippen LogP contribution in [0, 0.1) is 0 Å². The first-order valence-electron chi connectivity index (χ1n) is 7.29. The van der Waals surface area contributed by atoms with Crippen LogP contribution in [0.4, 0.5) is 0 Å². The largest absolute Gasteiger partial charge is 0.466 e. The quantitative estimate of drug-likeness (QED) is 0.448. The smallest absolute Gasteiger partial charge is 0.311 e. The number of hydrogen-bond acceptors (Lipinski definition) is 9. The number of esters is 1. The lowest BCUT2D eigenvalue weighted by atomic mass is 10.3. The monoisotopic (exact) mass is 381 g/mol. The van der Waals surface area contributed by atoms with Gasteiger partial charge in [-0.15, -0.1) is 32.9 Å². The standard InChI is InChI=1S/C15H15N3O3S3/c1-3-20-12(19)7-10-8-23-15(16-10)24-9(2)13-17-18-14(21-13)11-5-4-6-22-11/h4-6,8-9H,3,7H2,1-2H3/t9-/m1/s1. The lowest BCUT2D eigenvalue weighted by Gasteiger charge is -2.02. The normalized spacial score (nSPS) is 12.2. The lowest BCUT2D eigenvalue weighted by Crippen LogP contribution is -2.07. The maximum atomic E-state index is 11.5. The highest BCUT2D eigenvalue weighted by Gasteiger charge is 2.18. The number of aromatic nitrogens is 3. The van der Waals surface area contributed by atoms with Crippen molar-refractivity contribution in [1.82, 2.24) is 15.2 Å². The zero-order chi connectivity index (χ0) is 16.9. The molecule has 0 saturated carbocycles. The Labute approximate surface area is 151 Å². The van der Waals surface area contributed by atoms with Gasteiger partial charge in [-0.3, -0.25) is 4.79 Å². The topological polar surface area (TPSA) is 78.1 Å². The highest BCUT2D eigenvalue weighted by Crippen LogP contribution is 2.37.